The highest BCUT2D eigenvalue weighted by Crippen LogP contribution is 1.87. The summed E-state index contributed by atoms with van der Waals surface area (Å²) >= 11 is 0. The Morgan fingerprint density at radius 1 is 1.00 bits per heavy atom. The highest BCUT2D eigenvalue weighted by molar-refractivity contribution is 4.22. The standard InChI is InChI=1S/C2H4O2.C2H6O2/c1-2-4-3-1;3-1-2-4/h1-2H2;3-4H,1-2H2. The average molecular weight is 122 g/mol. The van der Waals surface area contributed by atoms with Crippen molar-refractivity contribution in [2.24, 2.45) is 0 Å². The Hall–Kier alpha value is -0.160. The van der Waals surface area contributed by atoms with E-state index in [1.165, 1.54) is 0 Å². The molecule has 0 aromatic rings. The van der Waals surface area contributed by atoms with Crippen LogP contribution in [0.15, 0.2) is 0 Å². The summed E-state index contributed by atoms with van der Waals surface area (Å²) in [4.78, 5) is 8.44. The van der Waals surface area contributed by atoms with E-state index in [0.717, 1.165) is 13.2 Å². The monoisotopic (exact) mass is 122 g/mol. The molecule has 50 valence electrons. The summed E-state index contributed by atoms with van der Waals surface area (Å²) in [5, 5.41) is 15.2. The quantitative estimate of drug-likeness (QED) is 0.434. The zero-order chi connectivity index (χ0) is 6.24. The van der Waals surface area contributed by atoms with Crippen LogP contribution < -0.4 is 0 Å². The molecule has 1 fully saturated rings. The highest BCUT2D eigenvalue weighted by atomic mass is 17.2. The van der Waals surface area contributed by atoms with E-state index in [2.05, 4.69) is 9.78 Å². The van der Waals surface area contributed by atoms with Gasteiger partial charge in [-0.1, -0.05) is 0 Å². The van der Waals surface area contributed by atoms with E-state index in [4.69, 9.17) is 10.2 Å². The topological polar surface area (TPSA) is 58.9 Å². The van der Waals surface area contributed by atoms with Gasteiger partial charge in [-0.15, -0.1) is 0 Å². The lowest BCUT2D eigenvalue weighted by molar-refractivity contribution is -0.382. The molecule has 0 bridgehead atoms. The summed E-state index contributed by atoms with van der Waals surface area (Å²) in [6.45, 7) is 1.31. The Bertz CT molecular complexity index is 29.0. The third-order valence-electron chi connectivity index (χ3n) is 0.433. The molecule has 1 aliphatic heterocycles. The molecular formula is C4H10O4. The fraction of sp³-hybridized carbons (Fsp3) is 1.00. The van der Waals surface area contributed by atoms with E-state index in [1.54, 1.807) is 0 Å². The number of rotatable bonds is 1. The van der Waals surface area contributed by atoms with Crippen LogP contribution in [0.5, 0.6) is 0 Å². The van der Waals surface area contributed by atoms with Crippen molar-refractivity contribution in [2.75, 3.05) is 26.4 Å². The van der Waals surface area contributed by atoms with Crippen LogP contribution in [0.3, 0.4) is 0 Å². The number of hydrogen-bond acceptors (Lipinski definition) is 4. The van der Waals surface area contributed by atoms with Gasteiger partial charge in [-0.25, -0.2) is 9.78 Å². The largest absolute Gasteiger partial charge is 0.394 e. The van der Waals surface area contributed by atoms with Crippen molar-refractivity contribution in [3.63, 3.8) is 0 Å². The van der Waals surface area contributed by atoms with Crippen molar-refractivity contribution < 1.29 is 20.0 Å². The van der Waals surface area contributed by atoms with Gasteiger partial charge in [-0.2, -0.15) is 0 Å². The van der Waals surface area contributed by atoms with Gasteiger partial charge in [0.25, 0.3) is 0 Å². The van der Waals surface area contributed by atoms with Gasteiger partial charge < -0.3 is 10.2 Å². The Morgan fingerprint density at radius 3 is 1.25 bits per heavy atom. The first kappa shape index (κ1) is 7.84. The normalized spacial score (nSPS) is 15.8. The molecule has 0 saturated carbocycles. The van der Waals surface area contributed by atoms with E-state index in [-0.39, 0.29) is 13.2 Å². The van der Waals surface area contributed by atoms with E-state index in [0.29, 0.717) is 0 Å². The van der Waals surface area contributed by atoms with Crippen LogP contribution in [-0.2, 0) is 9.78 Å². The van der Waals surface area contributed by atoms with Crippen LogP contribution in [0.1, 0.15) is 0 Å². The van der Waals surface area contributed by atoms with E-state index in [1.807, 2.05) is 0 Å². The maximum Gasteiger partial charge on any atom is 0.109 e. The summed E-state index contributed by atoms with van der Waals surface area (Å²) in [5.41, 5.74) is 0. The number of aliphatic hydroxyl groups excluding tert-OH is 2. The Kier molecular flexibility index (Phi) is 6.70. The van der Waals surface area contributed by atoms with Gasteiger partial charge in [0.1, 0.15) is 13.2 Å². The van der Waals surface area contributed by atoms with Gasteiger partial charge in [-0.3, -0.25) is 0 Å². The Morgan fingerprint density at radius 2 is 1.25 bits per heavy atom. The molecule has 0 spiro atoms. The number of hydrogen-bond donors (Lipinski definition) is 2. The maximum atomic E-state index is 7.62. The van der Waals surface area contributed by atoms with Crippen LogP contribution in [0.25, 0.3) is 0 Å². The van der Waals surface area contributed by atoms with Gasteiger partial charge in [-0.05, 0) is 0 Å². The predicted molar refractivity (Wildman–Crippen MR) is 26.1 cm³/mol. The lowest BCUT2D eigenvalue weighted by Crippen LogP contribution is -2.14. The van der Waals surface area contributed by atoms with Gasteiger partial charge in [0.05, 0.1) is 13.2 Å². The SMILES string of the molecule is C1COO1.OCCO. The maximum absolute atomic E-state index is 7.62. The molecule has 0 aromatic heterocycles. The van der Waals surface area contributed by atoms with E-state index >= 15 is 0 Å². The van der Waals surface area contributed by atoms with Crippen LogP contribution in [-0.4, -0.2) is 36.6 Å². The molecule has 0 aliphatic carbocycles. The molecular weight excluding hydrogens is 112 g/mol. The molecule has 1 aliphatic rings. The van der Waals surface area contributed by atoms with Crippen molar-refractivity contribution in [3.05, 3.63) is 0 Å². The van der Waals surface area contributed by atoms with E-state index < -0.39 is 0 Å². The zero-order valence-corrected chi connectivity index (χ0v) is 4.54. The molecule has 1 saturated heterocycles. The molecule has 0 unspecified atom stereocenters. The molecule has 0 amide bonds. The van der Waals surface area contributed by atoms with Crippen molar-refractivity contribution >= 4 is 0 Å². The lowest BCUT2D eigenvalue weighted by atomic mass is 10.8. The minimum Gasteiger partial charge on any atom is -0.394 e. The average Bonchev–Trinajstić information content (AvgIpc) is 1.61. The second-order valence-electron chi connectivity index (χ2n) is 1.09. The summed E-state index contributed by atoms with van der Waals surface area (Å²) in [6, 6.07) is 0. The minimum absolute atomic E-state index is 0.125. The van der Waals surface area contributed by atoms with Gasteiger partial charge in [0.2, 0.25) is 0 Å². The molecule has 1 rings (SSSR count). The summed E-state index contributed by atoms with van der Waals surface area (Å²) in [5.74, 6) is 0. The molecule has 8 heavy (non-hydrogen) atoms. The highest BCUT2D eigenvalue weighted by Gasteiger charge is 1.95. The van der Waals surface area contributed by atoms with Gasteiger partial charge in [0.15, 0.2) is 0 Å². The molecule has 4 heteroatoms. The molecule has 0 radical (unpaired) electrons. The van der Waals surface area contributed by atoms with Crippen molar-refractivity contribution in [3.8, 4) is 0 Å². The third kappa shape index (κ3) is 5.84. The first-order valence-corrected chi connectivity index (χ1v) is 2.38. The summed E-state index contributed by atoms with van der Waals surface area (Å²) in [7, 11) is 0. The number of aliphatic hydroxyl groups is 2. The first-order valence-electron chi connectivity index (χ1n) is 2.38. The summed E-state index contributed by atoms with van der Waals surface area (Å²) < 4.78 is 0. The van der Waals surface area contributed by atoms with Crippen LogP contribution in [0.2, 0.25) is 0 Å². The second kappa shape index (κ2) is 6.84. The van der Waals surface area contributed by atoms with Gasteiger partial charge in [0, 0.05) is 0 Å². The smallest absolute Gasteiger partial charge is 0.109 e. The minimum atomic E-state index is -0.125. The molecule has 0 atom stereocenters. The molecule has 2 N–H and O–H groups in total. The van der Waals surface area contributed by atoms with Crippen LogP contribution in [0.4, 0.5) is 0 Å². The van der Waals surface area contributed by atoms with Crippen molar-refractivity contribution in [2.45, 2.75) is 0 Å². The first-order chi connectivity index (χ1) is 3.91. The molecule has 0 aromatic carbocycles. The van der Waals surface area contributed by atoms with Crippen LogP contribution in [0, 0.1) is 0 Å². The zero-order valence-electron chi connectivity index (χ0n) is 4.54. The Balaban J connectivity index is 0.000000122. The third-order valence-corrected chi connectivity index (χ3v) is 0.433. The van der Waals surface area contributed by atoms with Gasteiger partial charge >= 0.3 is 0 Å². The molecule has 4 nitrogen and oxygen atoms in total. The van der Waals surface area contributed by atoms with Crippen molar-refractivity contribution in [1.82, 2.24) is 0 Å². The van der Waals surface area contributed by atoms with Crippen LogP contribution >= 0.6 is 0 Å². The van der Waals surface area contributed by atoms with Crippen molar-refractivity contribution in [1.29, 1.82) is 0 Å². The summed E-state index contributed by atoms with van der Waals surface area (Å²) in [6.07, 6.45) is 0. The fourth-order valence-corrected chi connectivity index (χ4v) is 0.0833. The second-order valence-corrected chi connectivity index (χ2v) is 1.09. The predicted octanol–water partition coefficient (Wildman–Crippen LogP) is -1.08. The molecule has 1 heterocycles. The Labute approximate surface area is 47.6 Å². The lowest BCUT2D eigenvalue weighted by Gasteiger charge is -2.08. The van der Waals surface area contributed by atoms with E-state index in [9.17, 15) is 0 Å². The fourth-order valence-electron chi connectivity index (χ4n) is 0.0833.